The predicted octanol–water partition coefficient (Wildman–Crippen LogP) is 2.21. The van der Waals surface area contributed by atoms with Gasteiger partial charge in [-0.15, -0.1) is 0 Å². The maximum atomic E-state index is 2.38. The van der Waals surface area contributed by atoms with E-state index in [1.54, 1.807) is 0 Å². The van der Waals surface area contributed by atoms with Crippen molar-refractivity contribution in [2.45, 2.75) is 31.7 Å². The zero-order chi connectivity index (χ0) is 5.98. The topological polar surface area (TPSA) is 3.24 Å². The van der Waals surface area contributed by atoms with Gasteiger partial charge in [-0.05, 0) is 19.9 Å². The molecule has 0 heterocycles. The van der Waals surface area contributed by atoms with Gasteiger partial charge in [0.05, 0.1) is 0 Å². The lowest BCUT2D eigenvalue weighted by atomic mass is 10.3. The summed E-state index contributed by atoms with van der Waals surface area (Å²) < 4.78 is 2.31. The molecule has 0 aromatic heterocycles. The third-order valence-electron chi connectivity index (χ3n) is 1.83. The van der Waals surface area contributed by atoms with Crippen LogP contribution in [0.15, 0.2) is 0 Å². The Bertz CT molecular complexity index is 66.9. The highest BCUT2D eigenvalue weighted by Crippen LogP contribution is 2.23. The molecule has 48 valence electrons. The van der Waals surface area contributed by atoms with Gasteiger partial charge in [-0.3, -0.25) is 0 Å². The normalized spacial score (nSPS) is 22.9. The van der Waals surface area contributed by atoms with E-state index < -0.39 is 0 Å². The van der Waals surface area contributed by atoms with E-state index in [9.17, 15) is 0 Å². The van der Waals surface area contributed by atoms with Crippen LogP contribution in [0.25, 0.3) is 0 Å². The van der Waals surface area contributed by atoms with Crippen molar-refractivity contribution in [3.63, 3.8) is 0 Å². The van der Waals surface area contributed by atoms with Crippen LogP contribution < -0.4 is 0 Å². The minimum Gasteiger partial charge on any atom is -0.248 e. The van der Waals surface area contributed by atoms with Crippen LogP contribution in [0.1, 0.15) is 25.7 Å². The highest BCUT2D eigenvalue weighted by Gasteiger charge is 2.16. The number of halogens is 1. The van der Waals surface area contributed by atoms with Crippen molar-refractivity contribution in [1.82, 2.24) is 3.11 Å². The Morgan fingerprint density at radius 1 is 1.38 bits per heavy atom. The molecule has 1 saturated carbocycles. The summed E-state index contributed by atoms with van der Waals surface area (Å²) in [5.41, 5.74) is 0. The Morgan fingerprint density at radius 3 is 2.12 bits per heavy atom. The molecule has 1 nitrogen and oxygen atoms in total. The molecule has 0 saturated heterocycles. The summed E-state index contributed by atoms with van der Waals surface area (Å²) in [6.45, 7) is 0. The minimum absolute atomic E-state index is 0.885. The van der Waals surface area contributed by atoms with Crippen LogP contribution in [-0.4, -0.2) is 16.2 Å². The fraction of sp³-hybridized carbons (Fsp3) is 1.00. The number of rotatable bonds is 1. The maximum Gasteiger partial charge on any atom is 0.0201 e. The lowest BCUT2D eigenvalue weighted by molar-refractivity contribution is 0.447. The van der Waals surface area contributed by atoms with E-state index in [0.717, 1.165) is 6.04 Å². The molecule has 0 N–H and O–H groups in total. The van der Waals surface area contributed by atoms with Gasteiger partial charge >= 0.3 is 0 Å². The van der Waals surface area contributed by atoms with Gasteiger partial charge < -0.3 is 0 Å². The van der Waals surface area contributed by atoms with E-state index in [-0.39, 0.29) is 0 Å². The molecular formula is C6H12IN. The average molecular weight is 225 g/mol. The third-order valence-corrected chi connectivity index (χ3v) is 2.62. The van der Waals surface area contributed by atoms with Crippen LogP contribution in [0.4, 0.5) is 0 Å². The van der Waals surface area contributed by atoms with Crippen molar-refractivity contribution in [3.8, 4) is 0 Å². The van der Waals surface area contributed by atoms with Gasteiger partial charge in [-0.2, -0.15) is 0 Å². The summed E-state index contributed by atoms with van der Waals surface area (Å²) in [5, 5.41) is 0. The standard InChI is InChI=1S/C6H12IN/c1-8(7)6-4-2-3-5-6/h6H,2-5H2,1H3. The lowest BCUT2D eigenvalue weighted by Crippen LogP contribution is -2.17. The van der Waals surface area contributed by atoms with Crippen LogP contribution in [0, 0.1) is 0 Å². The highest BCUT2D eigenvalue weighted by atomic mass is 127. The number of hydrogen-bond donors (Lipinski definition) is 0. The number of hydrogen-bond acceptors (Lipinski definition) is 1. The fourth-order valence-corrected chi connectivity index (χ4v) is 1.82. The zero-order valence-electron chi connectivity index (χ0n) is 5.23. The number of nitrogens with zero attached hydrogens (tertiary/aromatic N) is 1. The summed E-state index contributed by atoms with van der Waals surface area (Å²) in [6.07, 6.45) is 5.72. The Hall–Kier alpha value is 0.690. The van der Waals surface area contributed by atoms with Crippen molar-refractivity contribution in [2.24, 2.45) is 0 Å². The molecule has 0 aromatic carbocycles. The molecule has 0 amide bonds. The summed E-state index contributed by atoms with van der Waals surface area (Å²) in [6, 6.07) is 0.885. The highest BCUT2D eigenvalue weighted by molar-refractivity contribution is 14.1. The van der Waals surface area contributed by atoms with Crippen molar-refractivity contribution in [2.75, 3.05) is 7.05 Å². The first-order chi connectivity index (χ1) is 3.80. The van der Waals surface area contributed by atoms with E-state index in [1.807, 2.05) is 0 Å². The van der Waals surface area contributed by atoms with Crippen LogP contribution in [0.2, 0.25) is 0 Å². The second-order valence-corrected chi connectivity index (χ2v) is 3.99. The average Bonchev–Trinajstić information content (AvgIpc) is 2.12. The van der Waals surface area contributed by atoms with Gasteiger partial charge in [0.1, 0.15) is 0 Å². The van der Waals surface area contributed by atoms with Crippen molar-refractivity contribution in [1.29, 1.82) is 0 Å². The molecule has 0 spiro atoms. The van der Waals surface area contributed by atoms with Crippen LogP contribution in [-0.2, 0) is 0 Å². The largest absolute Gasteiger partial charge is 0.248 e. The molecule has 1 aliphatic carbocycles. The second-order valence-electron chi connectivity index (χ2n) is 2.46. The Morgan fingerprint density at radius 2 is 1.88 bits per heavy atom. The molecule has 0 atom stereocenters. The third kappa shape index (κ3) is 1.58. The summed E-state index contributed by atoms with van der Waals surface area (Å²) >= 11 is 2.38. The first kappa shape index (κ1) is 6.81. The van der Waals surface area contributed by atoms with Crippen molar-refractivity contribution < 1.29 is 0 Å². The van der Waals surface area contributed by atoms with Crippen LogP contribution >= 0.6 is 22.9 Å². The van der Waals surface area contributed by atoms with E-state index >= 15 is 0 Å². The molecule has 1 aliphatic rings. The quantitative estimate of drug-likeness (QED) is 0.488. The van der Waals surface area contributed by atoms with Gasteiger partial charge in [0.15, 0.2) is 0 Å². The van der Waals surface area contributed by atoms with E-state index in [0.29, 0.717) is 0 Å². The zero-order valence-corrected chi connectivity index (χ0v) is 7.39. The molecule has 8 heavy (non-hydrogen) atoms. The molecule has 0 aromatic rings. The molecule has 0 bridgehead atoms. The monoisotopic (exact) mass is 225 g/mol. The van der Waals surface area contributed by atoms with E-state index in [1.165, 1.54) is 25.7 Å². The van der Waals surface area contributed by atoms with Gasteiger partial charge in [-0.1, -0.05) is 12.8 Å². The smallest absolute Gasteiger partial charge is 0.0201 e. The van der Waals surface area contributed by atoms with E-state index in [2.05, 4.69) is 33.0 Å². The molecule has 1 rings (SSSR count). The molecule has 0 radical (unpaired) electrons. The molecule has 1 fully saturated rings. The first-order valence-electron chi connectivity index (χ1n) is 3.19. The van der Waals surface area contributed by atoms with Crippen LogP contribution in [0.3, 0.4) is 0 Å². The first-order valence-corrected chi connectivity index (χ1v) is 4.16. The van der Waals surface area contributed by atoms with E-state index in [4.69, 9.17) is 0 Å². The Kier molecular flexibility index (Phi) is 2.56. The van der Waals surface area contributed by atoms with Gasteiger partial charge in [0, 0.05) is 28.9 Å². The summed E-state index contributed by atoms with van der Waals surface area (Å²) in [4.78, 5) is 0. The van der Waals surface area contributed by atoms with Gasteiger partial charge in [0.25, 0.3) is 0 Å². The summed E-state index contributed by atoms with van der Waals surface area (Å²) in [5.74, 6) is 0. The molecule has 0 unspecified atom stereocenters. The molecule has 2 heteroatoms. The molecular weight excluding hydrogens is 213 g/mol. The van der Waals surface area contributed by atoms with Gasteiger partial charge in [-0.25, -0.2) is 3.11 Å². The molecule has 0 aliphatic heterocycles. The van der Waals surface area contributed by atoms with Crippen molar-refractivity contribution >= 4 is 22.9 Å². The fourth-order valence-electron chi connectivity index (χ4n) is 1.26. The second kappa shape index (κ2) is 3.01. The lowest BCUT2D eigenvalue weighted by Gasteiger charge is -2.14. The SMILES string of the molecule is CN(I)C1CCCC1. The van der Waals surface area contributed by atoms with Crippen molar-refractivity contribution in [3.05, 3.63) is 0 Å². The predicted molar refractivity (Wildman–Crippen MR) is 44.0 cm³/mol. The van der Waals surface area contributed by atoms with Gasteiger partial charge in [0.2, 0.25) is 0 Å². The summed E-state index contributed by atoms with van der Waals surface area (Å²) in [7, 11) is 2.16. The Balaban J connectivity index is 2.24. The minimum atomic E-state index is 0.885. The Labute approximate surface area is 64.9 Å². The maximum absolute atomic E-state index is 2.38. The van der Waals surface area contributed by atoms with Crippen LogP contribution in [0.5, 0.6) is 0 Å².